The Morgan fingerprint density at radius 1 is 1.33 bits per heavy atom. The molecule has 2 aromatic rings. The van der Waals surface area contributed by atoms with Crippen LogP contribution in [0.4, 0.5) is 0 Å². The van der Waals surface area contributed by atoms with E-state index in [4.69, 9.17) is 5.41 Å². The van der Waals surface area contributed by atoms with Crippen LogP contribution in [0.5, 0.6) is 0 Å². The maximum absolute atomic E-state index is 7.48. The molecule has 2 rings (SSSR count). The van der Waals surface area contributed by atoms with Gasteiger partial charge in [-0.15, -0.1) is 11.3 Å². The summed E-state index contributed by atoms with van der Waals surface area (Å²) in [5.41, 5.74) is 0.649. The third kappa shape index (κ3) is 1.14. The highest BCUT2D eigenvalue weighted by Crippen LogP contribution is 2.25. The molecule has 0 spiro atoms. The summed E-state index contributed by atoms with van der Waals surface area (Å²) < 4.78 is 1.26. The second kappa shape index (κ2) is 2.72. The van der Waals surface area contributed by atoms with E-state index in [1.807, 2.05) is 19.1 Å². The van der Waals surface area contributed by atoms with Crippen molar-refractivity contribution in [3.63, 3.8) is 0 Å². The van der Waals surface area contributed by atoms with Crippen molar-refractivity contribution in [3.05, 3.63) is 35.2 Å². The van der Waals surface area contributed by atoms with E-state index in [0.29, 0.717) is 5.71 Å². The summed E-state index contributed by atoms with van der Waals surface area (Å²) in [6.07, 6.45) is 0. The number of hydrogen-bond donors (Lipinski definition) is 1. The fraction of sp³-hybridized carbons (Fsp3) is 0.100. The van der Waals surface area contributed by atoms with Gasteiger partial charge in [-0.25, -0.2) is 0 Å². The van der Waals surface area contributed by atoms with Gasteiger partial charge in [-0.3, -0.25) is 0 Å². The van der Waals surface area contributed by atoms with Crippen LogP contribution >= 0.6 is 11.3 Å². The highest BCUT2D eigenvalue weighted by Gasteiger charge is 2.01. The molecule has 0 bridgehead atoms. The first-order valence-corrected chi connectivity index (χ1v) is 4.63. The summed E-state index contributed by atoms with van der Waals surface area (Å²) in [5, 5.41) is 8.72. The van der Waals surface area contributed by atoms with Crippen LogP contribution < -0.4 is 0 Å². The Hall–Kier alpha value is -1.15. The Bertz CT molecular complexity index is 395. The minimum atomic E-state index is 0.649. The minimum Gasteiger partial charge on any atom is -0.304 e. The van der Waals surface area contributed by atoms with Gasteiger partial charge in [0.05, 0.1) is 0 Å². The van der Waals surface area contributed by atoms with Crippen molar-refractivity contribution in [1.82, 2.24) is 0 Å². The molecule has 12 heavy (non-hydrogen) atoms. The number of thiophene rings is 1. The summed E-state index contributed by atoms with van der Waals surface area (Å²) >= 11 is 1.68. The molecule has 2 heteroatoms. The Morgan fingerprint density at radius 3 is 2.75 bits per heavy atom. The van der Waals surface area contributed by atoms with Gasteiger partial charge in [-0.1, -0.05) is 18.2 Å². The molecule has 1 heterocycles. The Morgan fingerprint density at radius 2 is 2.08 bits per heavy atom. The average Bonchev–Trinajstić information content (AvgIpc) is 2.46. The van der Waals surface area contributed by atoms with Crippen LogP contribution in [0.3, 0.4) is 0 Å². The zero-order chi connectivity index (χ0) is 8.55. The van der Waals surface area contributed by atoms with E-state index in [-0.39, 0.29) is 0 Å². The first-order chi connectivity index (χ1) is 5.77. The fourth-order valence-corrected chi connectivity index (χ4v) is 2.13. The van der Waals surface area contributed by atoms with Crippen LogP contribution in [0.2, 0.25) is 0 Å². The van der Waals surface area contributed by atoms with Gasteiger partial charge in [0.25, 0.3) is 0 Å². The third-order valence-corrected chi connectivity index (χ3v) is 3.03. The topological polar surface area (TPSA) is 23.9 Å². The summed E-state index contributed by atoms with van der Waals surface area (Å²) in [6.45, 7) is 1.82. The van der Waals surface area contributed by atoms with Crippen molar-refractivity contribution in [1.29, 1.82) is 5.41 Å². The molecule has 0 saturated heterocycles. The van der Waals surface area contributed by atoms with Crippen LogP contribution in [0.1, 0.15) is 11.8 Å². The van der Waals surface area contributed by atoms with Crippen LogP contribution in [0.15, 0.2) is 30.3 Å². The van der Waals surface area contributed by atoms with Crippen LogP contribution in [0, 0.1) is 5.41 Å². The third-order valence-electron chi connectivity index (χ3n) is 1.80. The van der Waals surface area contributed by atoms with Gasteiger partial charge in [0.15, 0.2) is 0 Å². The number of hydrogen-bond acceptors (Lipinski definition) is 2. The maximum Gasteiger partial charge on any atom is 0.0487 e. The first-order valence-electron chi connectivity index (χ1n) is 3.81. The van der Waals surface area contributed by atoms with Crippen LogP contribution in [0.25, 0.3) is 10.1 Å². The Kier molecular flexibility index (Phi) is 1.70. The minimum absolute atomic E-state index is 0.649. The van der Waals surface area contributed by atoms with Crippen LogP contribution in [-0.2, 0) is 0 Å². The summed E-state index contributed by atoms with van der Waals surface area (Å²) in [6, 6.07) is 10.3. The second-order valence-electron chi connectivity index (χ2n) is 2.77. The molecule has 0 amide bonds. The summed E-state index contributed by atoms with van der Waals surface area (Å²) in [5.74, 6) is 0. The van der Waals surface area contributed by atoms with Gasteiger partial charge in [0.1, 0.15) is 0 Å². The number of fused-ring (bicyclic) bond motifs is 1. The number of nitrogens with one attached hydrogen (secondary N) is 1. The van der Waals surface area contributed by atoms with Crippen LogP contribution in [-0.4, -0.2) is 5.71 Å². The molecule has 0 unspecified atom stereocenters. The zero-order valence-electron chi connectivity index (χ0n) is 6.79. The van der Waals surface area contributed by atoms with Crippen molar-refractivity contribution < 1.29 is 0 Å². The van der Waals surface area contributed by atoms with Gasteiger partial charge >= 0.3 is 0 Å². The molecule has 1 aromatic carbocycles. The van der Waals surface area contributed by atoms with E-state index in [0.717, 1.165) is 4.88 Å². The van der Waals surface area contributed by atoms with E-state index < -0.39 is 0 Å². The smallest absolute Gasteiger partial charge is 0.0487 e. The first kappa shape index (κ1) is 7.50. The van der Waals surface area contributed by atoms with Crippen molar-refractivity contribution in [3.8, 4) is 0 Å². The summed E-state index contributed by atoms with van der Waals surface area (Å²) in [7, 11) is 0. The molecule has 0 radical (unpaired) electrons. The predicted molar refractivity (Wildman–Crippen MR) is 54.3 cm³/mol. The lowest BCUT2D eigenvalue weighted by Crippen LogP contribution is -1.83. The summed E-state index contributed by atoms with van der Waals surface area (Å²) in [4.78, 5) is 1.07. The van der Waals surface area contributed by atoms with Gasteiger partial charge in [0, 0.05) is 15.3 Å². The highest BCUT2D eigenvalue weighted by atomic mass is 32.1. The maximum atomic E-state index is 7.48. The zero-order valence-corrected chi connectivity index (χ0v) is 7.61. The standard InChI is InChI=1S/C10H9NS/c1-7(11)10-6-8-4-2-3-5-9(8)12-10/h2-6,11H,1H3. The quantitative estimate of drug-likeness (QED) is 0.643. The SMILES string of the molecule is CC(=N)c1cc2ccccc2s1. The average molecular weight is 175 g/mol. The lowest BCUT2D eigenvalue weighted by molar-refractivity contribution is 1.49. The van der Waals surface area contributed by atoms with Crippen molar-refractivity contribution >= 4 is 27.1 Å². The fourth-order valence-electron chi connectivity index (χ4n) is 1.17. The van der Waals surface area contributed by atoms with Crippen molar-refractivity contribution in [2.45, 2.75) is 6.92 Å². The largest absolute Gasteiger partial charge is 0.304 e. The molecular weight excluding hydrogens is 166 g/mol. The monoisotopic (exact) mass is 175 g/mol. The lowest BCUT2D eigenvalue weighted by atomic mass is 10.2. The van der Waals surface area contributed by atoms with Crippen molar-refractivity contribution in [2.75, 3.05) is 0 Å². The molecule has 1 N–H and O–H groups in total. The number of benzene rings is 1. The molecule has 0 fully saturated rings. The Balaban J connectivity index is 2.70. The van der Waals surface area contributed by atoms with E-state index in [1.54, 1.807) is 11.3 Å². The predicted octanol–water partition coefficient (Wildman–Crippen LogP) is 3.29. The van der Waals surface area contributed by atoms with Gasteiger partial charge in [-0.2, -0.15) is 0 Å². The molecule has 0 aliphatic carbocycles. The van der Waals surface area contributed by atoms with Gasteiger partial charge in [0.2, 0.25) is 0 Å². The van der Waals surface area contributed by atoms with Gasteiger partial charge in [-0.05, 0) is 24.4 Å². The second-order valence-corrected chi connectivity index (χ2v) is 3.86. The molecule has 0 atom stereocenters. The molecule has 0 saturated carbocycles. The van der Waals surface area contributed by atoms with Crippen molar-refractivity contribution in [2.24, 2.45) is 0 Å². The molecule has 60 valence electrons. The Labute approximate surface area is 75.2 Å². The highest BCUT2D eigenvalue weighted by molar-refractivity contribution is 7.20. The van der Waals surface area contributed by atoms with Gasteiger partial charge < -0.3 is 5.41 Å². The molecule has 1 aromatic heterocycles. The van der Waals surface area contributed by atoms with E-state index in [9.17, 15) is 0 Å². The molecule has 0 aliphatic heterocycles. The normalized spacial score (nSPS) is 10.4. The molecule has 0 aliphatic rings. The van der Waals surface area contributed by atoms with E-state index in [2.05, 4.69) is 18.2 Å². The lowest BCUT2D eigenvalue weighted by Gasteiger charge is -1.84. The molecule has 1 nitrogen and oxygen atoms in total. The van der Waals surface area contributed by atoms with E-state index >= 15 is 0 Å². The number of rotatable bonds is 1. The van der Waals surface area contributed by atoms with E-state index in [1.165, 1.54) is 10.1 Å². The molecular formula is C10H9NS.